The Labute approximate surface area is 145 Å². The zero-order chi connectivity index (χ0) is 17.9. The normalized spacial score (nSPS) is 10.8. The third-order valence-electron chi connectivity index (χ3n) is 3.25. The van der Waals surface area contributed by atoms with Crippen molar-refractivity contribution in [2.75, 3.05) is 4.72 Å². The van der Waals surface area contributed by atoms with Gasteiger partial charge in [0.15, 0.2) is 5.82 Å². The molecule has 0 aliphatic carbocycles. The van der Waals surface area contributed by atoms with Gasteiger partial charge in [-0.2, -0.15) is 0 Å². The van der Waals surface area contributed by atoms with Crippen LogP contribution in [0.25, 0.3) is 0 Å². The van der Waals surface area contributed by atoms with Crippen LogP contribution in [0.3, 0.4) is 0 Å². The van der Waals surface area contributed by atoms with Gasteiger partial charge in [-0.1, -0.05) is 17.0 Å². The van der Waals surface area contributed by atoms with Crippen LogP contribution in [0.15, 0.2) is 64.0 Å². The average molecular weight is 354 g/mol. The summed E-state index contributed by atoms with van der Waals surface area (Å²) in [6, 6.07) is 14.2. The number of nitrogens with zero attached hydrogens (tertiary/aromatic N) is 1. The van der Waals surface area contributed by atoms with Crippen LogP contribution in [0, 0.1) is 18.8 Å². The first-order valence-electron chi connectivity index (χ1n) is 7.30. The van der Waals surface area contributed by atoms with E-state index in [9.17, 15) is 13.5 Å². The third kappa shape index (κ3) is 4.19. The Morgan fingerprint density at radius 1 is 1.00 bits per heavy atom. The fourth-order valence-electron chi connectivity index (χ4n) is 2.02. The fraction of sp³-hybridized carbons (Fsp3) is 0.0556. The molecule has 2 N–H and O–H groups in total. The minimum atomic E-state index is -3.74. The summed E-state index contributed by atoms with van der Waals surface area (Å²) in [5.74, 6) is 6.70. The van der Waals surface area contributed by atoms with E-state index in [2.05, 4.69) is 21.7 Å². The van der Waals surface area contributed by atoms with Gasteiger partial charge in [0.05, 0.1) is 4.90 Å². The number of nitrogens with one attached hydrogen (secondary N) is 1. The van der Waals surface area contributed by atoms with E-state index in [4.69, 9.17) is 4.52 Å². The lowest BCUT2D eigenvalue weighted by atomic mass is 10.2. The van der Waals surface area contributed by atoms with Crippen LogP contribution in [0.4, 0.5) is 5.82 Å². The Morgan fingerprint density at radius 2 is 1.56 bits per heavy atom. The molecule has 0 atom stereocenters. The minimum absolute atomic E-state index is 0.100. The van der Waals surface area contributed by atoms with Crippen molar-refractivity contribution in [1.82, 2.24) is 5.16 Å². The summed E-state index contributed by atoms with van der Waals surface area (Å²) >= 11 is 0. The van der Waals surface area contributed by atoms with E-state index in [1.165, 1.54) is 18.2 Å². The molecule has 7 heteroatoms. The number of benzene rings is 2. The first-order chi connectivity index (χ1) is 11.9. The van der Waals surface area contributed by atoms with Gasteiger partial charge in [0.2, 0.25) is 0 Å². The molecule has 1 heterocycles. The first kappa shape index (κ1) is 16.6. The van der Waals surface area contributed by atoms with E-state index in [1.54, 1.807) is 43.3 Å². The molecule has 3 aromatic rings. The van der Waals surface area contributed by atoms with Crippen molar-refractivity contribution in [3.63, 3.8) is 0 Å². The van der Waals surface area contributed by atoms with Crippen LogP contribution in [0.2, 0.25) is 0 Å². The van der Waals surface area contributed by atoms with Crippen LogP contribution in [0.5, 0.6) is 5.75 Å². The molecule has 25 heavy (non-hydrogen) atoms. The van der Waals surface area contributed by atoms with Crippen molar-refractivity contribution < 1.29 is 18.0 Å². The molecule has 0 amide bonds. The first-order valence-corrected chi connectivity index (χ1v) is 8.78. The fourth-order valence-corrected chi connectivity index (χ4v) is 3.00. The predicted molar refractivity (Wildman–Crippen MR) is 92.6 cm³/mol. The van der Waals surface area contributed by atoms with Crippen LogP contribution in [0.1, 0.15) is 16.9 Å². The molecule has 6 nitrogen and oxygen atoms in total. The summed E-state index contributed by atoms with van der Waals surface area (Å²) in [6.45, 7) is 1.67. The van der Waals surface area contributed by atoms with E-state index in [-0.39, 0.29) is 16.5 Å². The van der Waals surface area contributed by atoms with Crippen LogP contribution >= 0.6 is 0 Å². The van der Waals surface area contributed by atoms with Gasteiger partial charge in [-0.25, -0.2) is 8.42 Å². The Balaban J connectivity index is 1.76. The number of aromatic hydroxyl groups is 1. The zero-order valence-electron chi connectivity index (χ0n) is 13.2. The number of phenols is 1. The molecule has 126 valence electrons. The zero-order valence-corrected chi connectivity index (χ0v) is 14.0. The van der Waals surface area contributed by atoms with E-state index in [0.29, 0.717) is 11.3 Å². The Bertz CT molecular complexity index is 1040. The molecule has 0 unspecified atom stereocenters. The molecule has 0 bridgehead atoms. The third-order valence-corrected chi connectivity index (χ3v) is 4.62. The lowest BCUT2D eigenvalue weighted by Crippen LogP contribution is -2.13. The molecule has 0 saturated carbocycles. The highest BCUT2D eigenvalue weighted by Gasteiger charge is 2.15. The molecule has 0 aliphatic rings. The van der Waals surface area contributed by atoms with Crippen LogP contribution in [-0.4, -0.2) is 18.7 Å². The lowest BCUT2D eigenvalue weighted by Gasteiger charge is -2.04. The van der Waals surface area contributed by atoms with Gasteiger partial charge in [-0.15, -0.1) is 0 Å². The Morgan fingerprint density at radius 3 is 2.08 bits per heavy atom. The van der Waals surface area contributed by atoms with E-state index >= 15 is 0 Å². The van der Waals surface area contributed by atoms with Crippen molar-refractivity contribution in [1.29, 1.82) is 0 Å². The predicted octanol–water partition coefficient (Wildman–Crippen LogP) is 2.89. The maximum atomic E-state index is 12.3. The van der Waals surface area contributed by atoms with E-state index in [1.807, 2.05) is 0 Å². The van der Waals surface area contributed by atoms with Gasteiger partial charge in [0, 0.05) is 17.2 Å². The number of sulfonamides is 1. The van der Waals surface area contributed by atoms with E-state index in [0.717, 1.165) is 5.56 Å². The highest BCUT2D eigenvalue weighted by atomic mass is 32.2. The maximum absolute atomic E-state index is 12.3. The standard InChI is InChI=1S/C18H14N2O4S/c1-13-12-18(19-24-13)20-25(22,23)17-10-6-15(7-11-17)3-2-14-4-8-16(21)9-5-14/h4-12,21H,1H3,(H,19,20). The van der Waals surface area contributed by atoms with Crippen LogP contribution < -0.4 is 4.72 Å². The molecule has 1 aromatic heterocycles. The average Bonchev–Trinajstić information content (AvgIpc) is 2.99. The number of hydrogen-bond acceptors (Lipinski definition) is 5. The quantitative estimate of drug-likeness (QED) is 0.706. The lowest BCUT2D eigenvalue weighted by molar-refractivity contribution is 0.400. The molecular formula is C18H14N2O4S. The molecule has 0 fully saturated rings. The van der Waals surface area contributed by atoms with Gasteiger partial charge in [0.1, 0.15) is 11.5 Å². The summed E-state index contributed by atoms with van der Waals surface area (Å²) in [7, 11) is -3.74. The van der Waals surface area contributed by atoms with Gasteiger partial charge in [-0.05, 0) is 55.5 Å². The maximum Gasteiger partial charge on any atom is 0.263 e. The topological polar surface area (TPSA) is 92.4 Å². The van der Waals surface area contributed by atoms with Crippen molar-refractivity contribution in [3.05, 3.63) is 71.5 Å². The van der Waals surface area contributed by atoms with Crippen molar-refractivity contribution in [3.8, 4) is 17.6 Å². The molecule has 0 saturated heterocycles. The second-order valence-corrected chi connectivity index (χ2v) is 6.93. The van der Waals surface area contributed by atoms with Crippen molar-refractivity contribution in [2.45, 2.75) is 11.8 Å². The minimum Gasteiger partial charge on any atom is -0.508 e. The highest BCUT2D eigenvalue weighted by Crippen LogP contribution is 2.16. The Hall–Kier alpha value is -3.24. The number of aromatic nitrogens is 1. The molecule has 3 rings (SSSR count). The van der Waals surface area contributed by atoms with Crippen LogP contribution in [-0.2, 0) is 10.0 Å². The summed E-state index contributed by atoms with van der Waals surface area (Å²) in [5.41, 5.74) is 1.42. The number of hydrogen-bond donors (Lipinski definition) is 2. The summed E-state index contributed by atoms with van der Waals surface area (Å²) < 4.78 is 31.7. The second-order valence-electron chi connectivity index (χ2n) is 5.25. The summed E-state index contributed by atoms with van der Waals surface area (Å²) in [5, 5.41) is 12.8. The number of phenolic OH excluding ortho intramolecular Hbond substituents is 1. The van der Waals surface area contributed by atoms with Gasteiger partial charge in [0.25, 0.3) is 10.0 Å². The van der Waals surface area contributed by atoms with Crippen molar-refractivity contribution in [2.24, 2.45) is 0 Å². The van der Waals surface area contributed by atoms with E-state index < -0.39 is 10.0 Å². The smallest absolute Gasteiger partial charge is 0.263 e. The Kier molecular flexibility index (Phi) is 4.46. The largest absolute Gasteiger partial charge is 0.508 e. The highest BCUT2D eigenvalue weighted by molar-refractivity contribution is 7.92. The molecule has 0 spiro atoms. The van der Waals surface area contributed by atoms with Gasteiger partial charge < -0.3 is 9.63 Å². The van der Waals surface area contributed by atoms with Gasteiger partial charge >= 0.3 is 0 Å². The SMILES string of the molecule is Cc1cc(NS(=O)(=O)c2ccc(C#Cc3ccc(O)cc3)cc2)no1. The monoisotopic (exact) mass is 354 g/mol. The molecule has 0 radical (unpaired) electrons. The van der Waals surface area contributed by atoms with Gasteiger partial charge in [-0.3, -0.25) is 4.72 Å². The number of rotatable bonds is 3. The molecule has 2 aromatic carbocycles. The number of aryl methyl sites for hydroxylation is 1. The van der Waals surface area contributed by atoms with Crippen molar-refractivity contribution >= 4 is 15.8 Å². The molecular weight excluding hydrogens is 340 g/mol. The molecule has 0 aliphatic heterocycles. The second kappa shape index (κ2) is 6.71. The summed E-state index contributed by atoms with van der Waals surface area (Å²) in [4.78, 5) is 0.100. The number of anilines is 1. The summed E-state index contributed by atoms with van der Waals surface area (Å²) in [6.07, 6.45) is 0.